The molecule has 0 saturated carbocycles. The van der Waals surface area contributed by atoms with Gasteiger partial charge in [0.1, 0.15) is 11.5 Å². The van der Waals surface area contributed by atoms with E-state index in [9.17, 15) is 4.79 Å². The van der Waals surface area contributed by atoms with Crippen molar-refractivity contribution in [2.24, 2.45) is 0 Å². The van der Waals surface area contributed by atoms with Crippen molar-refractivity contribution in [2.45, 2.75) is 32.6 Å². The van der Waals surface area contributed by atoms with Crippen molar-refractivity contribution in [2.75, 3.05) is 7.11 Å². The van der Waals surface area contributed by atoms with Gasteiger partial charge in [0.2, 0.25) is 0 Å². The van der Waals surface area contributed by atoms with Crippen LogP contribution in [0.1, 0.15) is 38.2 Å². The van der Waals surface area contributed by atoms with E-state index in [1.54, 1.807) is 14.0 Å². The van der Waals surface area contributed by atoms with Crippen LogP contribution in [0.25, 0.3) is 0 Å². The summed E-state index contributed by atoms with van der Waals surface area (Å²) in [5.41, 5.74) is 1.15. The Balaban J connectivity index is 2.72. The molecule has 0 radical (unpaired) electrons. The van der Waals surface area contributed by atoms with Gasteiger partial charge >= 0.3 is 0 Å². The number of methoxy groups -OCH3 is 1. The minimum absolute atomic E-state index is 0.228. The molecule has 0 amide bonds. The molecule has 0 aromatic heterocycles. The van der Waals surface area contributed by atoms with Crippen molar-refractivity contribution < 1.29 is 9.53 Å². The number of ether oxygens (including phenoxy) is 1. The average molecular weight is 241 g/mol. The van der Waals surface area contributed by atoms with Crippen LogP contribution in [0.4, 0.5) is 0 Å². The van der Waals surface area contributed by atoms with Gasteiger partial charge in [0.05, 0.1) is 12.1 Å². The van der Waals surface area contributed by atoms with Gasteiger partial charge in [-0.2, -0.15) is 0 Å². The molecular formula is C13H17ClO2. The Morgan fingerprint density at radius 3 is 2.69 bits per heavy atom. The largest absolute Gasteiger partial charge is 0.495 e. The number of carbonyl (C=O) groups excluding carboxylic acids is 1. The Hall–Kier alpha value is -1.02. The minimum Gasteiger partial charge on any atom is -0.495 e. The lowest BCUT2D eigenvalue weighted by molar-refractivity contribution is -0.117. The van der Waals surface area contributed by atoms with Gasteiger partial charge in [-0.25, -0.2) is 0 Å². The summed E-state index contributed by atoms with van der Waals surface area (Å²) in [4.78, 5) is 10.9. The maximum Gasteiger partial charge on any atom is 0.137 e. The van der Waals surface area contributed by atoms with Crippen molar-refractivity contribution in [3.63, 3.8) is 0 Å². The van der Waals surface area contributed by atoms with E-state index < -0.39 is 0 Å². The number of benzene rings is 1. The normalized spacial score (nSPS) is 12.2. The summed E-state index contributed by atoms with van der Waals surface area (Å²) in [5.74, 6) is 1.25. The number of halogens is 1. The number of ketones is 1. The minimum atomic E-state index is 0.228. The van der Waals surface area contributed by atoms with Gasteiger partial charge in [-0.05, 0) is 37.0 Å². The van der Waals surface area contributed by atoms with E-state index in [-0.39, 0.29) is 5.78 Å². The fourth-order valence-electron chi connectivity index (χ4n) is 1.58. The second kappa shape index (κ2) is 5.90. The standard InChI is InChI=1S/C13H17ClO2/c1-9(4-5-10(2)15)11-6-7-13(16-3)12(14)8-11/h6-9H,4-5H2,1-3H3. The highest BCUT2D eigenvalue weighted by atomic mass is 35.5. The molecule has 88 valence electrons. The molecule has 2 nitrogen and oxygen atoms in total. The summed E-state index contributed by atoms with van der Waals surface area (Å²) in [6, 6.07) is 5.77. The average Bonchev–Trinajstić information content (AvgIpc) is 2.25. The Bertz CT molecular complexity index is 374. The Morgan fingerprint density at radius 2 is 2.19 bits per heavy atom. The molecule has 16 heavy (non-hydrogen) atoms. The lowest BCUT2D eigenvalue weighted by Crippen LogP contribution is -1.98. The topological polar surface area (TPSA) is 26.3 Å². The van der Waals surface area contributed by atoms with Crippen LogP contribution in [0.2, 0.25) is 5.02 Å². The van der Waals surface area contributed by atoms with E-state index in [4.69, 9.17) is 16.3 Å². The third-order valence-electron chi connectivity index (χ3n) is 2.67. The molecule has 0 bridgehead atoms. The van der Waals surface area contributed by atoms with Gasteiger partial charge in [-0.1, -0.05) is 24.6 Å². The molecule has 0 fully saturated rings. The molecule has 0 N–H and O–H groups in total. The van der Waals surface area contributed by atoms with E-state index in [0.717, 1.165) is 12.0 Å². The maximum atomic E-state index is 10.9. The first-order chi connectivity index (χ1) is 7.54. The van der Waals surface area contributed by atoms with Crippen LogP contribution in [0, 0.1) is 0 Å². The molecule has 0 heterocycles. The molecule has 1 atom stereocenters. The third kappa shape index (κ3) is 3.53. The molecule has 0 saturated heterocycles. The number of carbonyl (C=O) groups is 1. The molecule has 3 heteroatoms. The zero-order valence-electron chi connectivity index (χ0n) is 9.92. The van der Waals surface area contributed by atoms with Gasteiger partial charge in [0, 0.05) is 6.42 Å². The smallest absolute Gasteiger partial charge is 0.137 e. The monoisotopic (exact) mass is 240 g/mol. The number of rotatable bonds is 5. The number of hydrogen-bond acceptors (Lipinski definition) is 2. The fourth-order valence-corrected chi connectivity index (χ4v) is 1.84. The second-order valence-corrected chi connectivity index (χ2v) is 4.44. The zero-order chi connectivity index (χ0) is 12.1. The summed E-state index contributed by atoms with van der Waals surface area (Å²) in [6.07, 6.45) is 1.48. The first-order valence-corrected chi connectivity index (χ1v) is 5.75. The van der Waals surface area contributed by atoms with Gasteiger partial charge < -0.3 is 9.53 Å². The molecule has 1 rings (SSSR count). The zero-order valence-corrected chi connectivity index (χ0v) is 10.7. The first-order valence-electron chi connectivity index (χ1n) is 5.37. The highest BCUT2D eigenvalue weighted by Crippen LogP contribution is 2.29. The van der Waals surface area contributed by atoms with E-state index in [0.29, 0.717) is 23.1 Å². The molecule has 1 aromatic carbocycles. The molecule has 0 aliphatic rings. The van der Waals surface area contributed by atoms with E-state index in [1.165, 1.54) is 0 Å². The number of Topliss-reactive ketones (excluding diaryl/α,β-unsaturated/α-hetero) is 1. The summed E-state index contributed by atoms with van der Waals surface area (Å²) < 4.78 is 5.09. The lowest BCUT2D eigenvalue weighted by Gasteiger charge is -2.12. The van der Waals surface area contributed by atoms with Crippen molar-refractivity contribution in [3.8, 4) is 5.75 Å². The quantitative estimate of drug-likeness (QED) is 0.782. The van der Waals surface area contributed by atoms with Crippen LogP contribution in [0.3, 0.4) is 0 Å². The Kier molecular flexibility index (Phi) is 4.81. The predicted molar refractivity (Wildman–Crippen MR) is 66.3 cm³/mol. The Labute approximate surface area is 102 Å². The molecular weight excluding hydrogens is 224 g/mol. The highest BCUT2D eigenvalue weighted by molar-refractivity contribution is 6.32. The van der Waals surface area contributed by atoms with Crippen LogP contribution in [0.5, 0.6) is 5.75 Å². The molecule has 0 aliphatic heterocycles. The van der Waals surface area contributed by atoms with Gasteiger partial charge in [-0.15, -0.1) is 0 Å². The predicted octanol–water partition coefficient (Wildman–Crippen LogP) is 3.82. The summed E-state index contributed by atoms with van der Waals surface area (Å²) in [7, 11) is 1.60. The summed E-state index contributed by atoms with van der Waals surface area (Å²) in [6.45, 7) is 3.72. The molecule has 1 aromatic rings. The van der Waals surface area contributed by atoms with Gasteiger partial charge in [-0.3, -0.25) is 0 Å². The van der Waals surface area contributed by atoms with Crippen molar-refractivity contribution >= 4 is 17.4 Å². The second-order valence-electron chi connectivity index (χ2n) is 4.04. The van der Waals surface area contributed by atoms with Crippen LogP contribution in [-0.2, 0) is 4.79 Å². The van der Waals surface area contributed by atoms with Gasteiger partial charge in [0.25, 0.3) is 0 Å². The third-order valence-corrected chi connectivity index (χ3v) is 2.97. The summed E-state index contributed by atoms with van der Waals surface area (Å²) in [5, 5.41) is 0.620. The fraction of sp³-hybridized carbons (Fsp3) is 0.462. The summed E-state index contributed by atoms with van der Waals surface area (Å²) >= 11 is 6.04. The van der Waals surface area contributed by atoms with Gasteiger partial charge in [0.15, 0.2) is 0 Å². The Morgan fingerprint density at radius 1 is 1.50 bits per heavy atom. The highest BCUT2D eigenvalue weighted by Gasteiger charge is 2.09. The maximum absolute atomic E-state index is 10.9. The van der Waals surface area contributed by atoms with Crippen molar-refractivity contribution in [1.82, 2.24) is 0 Å². The lowest BCUT2D eigenvalue weighted by atomic mass is 9.95. The molecule has 0 aliphatic carbocycles. The van der Waals surface area contributed by atoms with E-state index in [2.05, 4.69) is 6.92 Å². The molecule has 1 unspecified atom stereocenters. The van der Waals surface area contributed by atoms with Crippen molar-refractivity contribution in [1.29, 1.82) is 0 Å². The SMILES string of the molecule is COc1ccc(C(C)CCC(C)=O)cc1Cl. The van der Waals surface area contributed by atoms with Crippen LogP contribution >= 0.6 is 11.6 Å². The van der Waals surface area contributed by atoms with Crippen LogP contribution in [0.15, 0.2) is 18.2 Å². The van der Waals surface area contributed by atoms with Crippen LogP contribution in [-0.4, -0.2) is 12.9 Å². The van der Waals surface area contributed by atoms with Crippen LogP contribution < -0.4 is 4.74 Å². The van der Waals surface area contributed by atoms with E-state index >= 15 is 0 Å². The first kappa shape index (κ1) is 13.0. The van der Waals surface area contributed by atoms with E-state index in [1.807, 2.05) is 18.2 Å². The number of hydrogen-bond donors (Lipinski definition) is 0. The van der Waals surface area contributed by atoms with Crippen molar-refractivity contribution in [3.05, 3.63) is 28.8 Å². The molecule has 0 spiro atoms.